The summed E-state index contributed by atoms with van der Waals surface area (Å²) in [6.07, 6.45) is 4.52. The van der Waals surface area contributed by atoms with E-state index < -0.39 is 23.1 Å². The molecule has 3 N–H and O–H groups in total. The summed E-state index contributed by atoms with van der Waals surface area (Å²) in [5.41, 5.74) is 8.97. The highest BCUT2D eigenvalue weighted by atomic mass is 32.2. The van der Waals surface area contributed by atoms with Gasteiger partial charge in [-0.3, -0.25) is 8.89 Å². The first-order valence-corrected chi connectivity index (χ1v) is 15.2. The number of nitrogens with two attached hydrogens (primary N) is 1. The van der Waals surface area contributed by atoms with Gasteiger partial charge in [0.1, 0.15) is 23.8 Å². The van der Waals surface area contributed by atoms with Crippen LogP contribution in [0.4, 0.5) is 10.1 Å². The largest absolute Gasteiger partial charge is 0.755 e. The number of aryl methyl sites for hydroxylation is 1. The van der Waals surface area contributed by atoms with Crippen molar-refractivity contribution in [3.8, 4) is 11.3 Å². The van der Waals surface area contributed by atoms with Crippen molar-refractivity contribution < 1.29 is 22.7 Å². The fraction of sp³-hybridized carbons (Fsp3) is 0.414. The van der Waals surface area contributed by atoms with Gasteiger partial charge in [0.05, 0.1) is 6.20 Å². The summed E-state index contributed by atoms with van der Waals surface area (Å²) in [6.45, 7) is 5.68. The zero-order valence-electron chi connectivity index (χ0n) is 23.5. The number of halogens is 1. The monoisotopic (exact) mass is 596 g/mol. The first kappa shape index (κ1) is 29.8. The molecule has 0 bridgehead atoms. The van der Waals surface area contributed by atoms with Crippen LogP contribution in [0.2, 0.25) is 0 Å². The van der Waals surface area contributed by atoms with Gasteiger partial charge < -0.3 is 29.2 Å². The number of nitrogens with one attached hydrogen (secondary N) is 1. The molecule has 0 aliphatic carbocycles. The first-order chi connectivity index (χ1) is 20.4. The highest BCUT2D eigenvalue weighted by Gasteiger charge is 2.25. The van der Waals surface area contributed by atoms with Crippen LogP contribution >= 0.6 is 0 Å². The molecule has 0 radical (unpaired) electrons. The number of ether oxygens (including phenoxy) is 1. The smallest absolute Gasteiger partial charge is 0.355 e. The molecule has 11 nitrogen and oxygen atoms in total. The Kier molecular flexibility index (Phi) is 9.62. The Morgan fingerprint density at radius 1 is 1.24 bits per heavy atom. The Bertz CT molecular complexity index is 1530. The topological polar surface area (TPSA) is 145 Å². The lowest BCUT2D eigenvalue weighted by Gasteiger charge is -2.34. The first-order valence-electron chi connectivity index (χ1n) is 14.1. The second kappa shape index (κ2) is 13.6. The molecule has 0 amide bonds. The van der Waals surface area contributed by atoms with Crippen molar-refractivity contribution in [1.29, 1.82) is 0 Å². The van der Waals surface area contributed by atoms with Crippen LogP contribution in [0.1, 0.15) is 35.8 Å². The average Bonchev–Trinajstić information content (AvgIpc) is 3.61. The number of fused-ring (bicyclic) bond motifs is 1. The molecule has 0 saturated carbocycles. The van der Waals surface area contributed by atoms with Gasteiger partial charge in [0, 0.05) is 59.6 Å². The lowest BCUT2D eigenvalue weighted by Crippen LogP contribution is -2.41. The van der Waals surface area contributed by atoms with Gasteiger partial charge in [-0.05, 0) is 74.2 Å². The molecular formula is C29H35FN7O4S-. The minimum Gasteiger partial charge on any atom is -0.755 e. The highest BCUT2D eigenvalue weighted by molar-refractivity contribution is 7.80. The molecular weight excluding hydrogens is 561 g/mol. The zero-order chi connectivity index (χ0) is 29.6. The van der Waals surface area contributed by atoms with Gasteiger partial charge in [-0.1, -0.05) is 24.3 Å². The summed E-state index contributed by atoms with van der Waals surface area (Å²) < 4.78 is 46.3. The van der Waals surface area contributed by atoms with Crippen LogP contribution in [0.3, 0.4) is 0 Å². The Balaban J connectivity index is 1.20. The number of aromatic amines is 1. The summed E-state index contributed by atoms with van der Waals surface area (Å²) in [5.74, 6) is -0.661. The van der Waals surface area contributed by atoms with Crippen LogP contribution in [0.25, 0.3) is 22.2 Å². The van der Waals surface area contributed by atoms with E-state index in [1.54, 1.807) is 16.9 Å². The lowest BCUT2D eigenvalue weighted by atomic mass is 9.97. The van der Waals surface area contributed by atoms with E-state index in [1.165, 1.54) is 16.4 Å². The third-order valence-corrected chi connectivity index (χ3v) is 8.45. The van der Waals surface area contributed by atoms with Crippen LogP contribution < -0.4 is 10.0 Å². The van der Waals surface area contributed by atoms with Gasteiger partial charge in [-0.25, -0.2) is 9.18 Å². The molecule has 4 aromatic rings. The fourth-order valence-corrected chi connectivity index (χ4v) is 5.91. The normalized spacial score (nSPS) is 15.2. The maximum atomic E-state index is 14.1. The van der Waals surface area contributed by atoms with Crippen LogP contribution in [0, 0.1) is 11.7 Å². The molecule has 1 fully saturated rings. The maximum Gasteiger partial charge on any atom is 0.355 e. The minimum absolute atomic E-state index is 0.0617. The van der Waals surface area contributed by atoms with E-state index in [0.717, 1.165) is 37.9 Å². The highest BCUT2D eigenvalue weighted by Crippen LogP contribution is 2.32. The second-order valence-corrected chi connectivity index (χ2v) is 11.3. The number of piperidine rings is 1. The molecule has 224 valence electrons. The maximum absolute atomic E-state index is 14.1. The number of anilines is 1. The standard InChI is InChI=1S/C29H36FN7O4S/c1-2-20-3-6-23(7-4-20)37(42(39)40)15-14-35-12-9-21(10-13-35)18-36-19-26(33-34-36)27-24-17-22(30)5-8-25(24)32-28(27)29(38)41-16-11-31/h3-8,17,19,21,32H,2,9-16,18,31H2,1H3,(H,39,40)/p-1. The van der Waals surface area contributed by atoms with Gasteiger partial charge in [-0.15, -0.1) is 5.10 Å². The van der Waals surface area contributed by atoms with Crippen molar-refractivity contribution in [2.24, 2.45) is 11.7 Å². The number of hydrogen-bond donors (Lipinski definition) is 2. The third-order valence-electron chi connectivity index (χ3n) is 7.69. The summed E-state index contributed by atoms with van der Waals surface area (Å²) in [4.78, 5) is 18.1. The minimum atomic E-state index is -2.35. The fourth-order valence-electron chi connectivity index (χ4n) is 5.39. The molecule has 1 aliphatic rings. The molecule has 2 aromatic carbocycles. The molecule has 1 saturated heterocycles. The molecule has 2 aromatic heterocycles. The Morgan fingerprint density at radius 3 is 2.69 bits per heavy atom. The summed E-state index contributed by atoms with van der Waals surface area (Å²) in [7, 11) is 0. The predicted molar refractivity (Wildman–Crippen MR) is 158 cm³/mol. The molecule has 1 unspecified atom stereocenters. The quantitative estimate of drug-likeness (QED) is 0.187. The van der Waals surface area contributed by atoms with Gasteiger partial charge in [0.25, 0.3) is 0 Å². The van der Waals surface area contributed by atoms with E-state index in [-0.39, 0.29) is 18.8 Å². The van der Waals surface area contributed by atoms with E-state index in [1.807, 2.05) is 24.3 Å². The molecule has 42 heavy (non-hydrogen) atoms. The van der Waals surface area contributed by atoms with Gasteiger partial charge >= 0.3 is 5.97 Å². The van der Waals surface area contributed by atoms with Crippen molar-refractivity contribution in [3.05, 3.63) is 65.7 Å². The van der Waals surface area contributed by atoms with Crippen molar-refractivity contribution in [3.63, 3.8) is 0 Å². The Hall–Kier alpha value is -3.65. The molecule has 1 atom stereocenters. The van der Waals surface area contributed by atoms with E-state index >= 15 is 0 Å². The number of H-pyrrole nitrogens is 1. The number of likely N-dealkylation sites (tertiary alicyclic amines) is 1. The third kappa shape index (κ3) is 6.86. The summed E-state index contributed by atoms with van der Waals surface area (Å²) in [5, 5.41) is 9.13. The molecule has 0 spiro atoms. The number of esters is 1. The average molecular weight is 597 g/mol. The molecule has 5 rings (SSSR count). The van der Waals surface area contributed by atoms with E-state index in [2.05, 4.69) is 27.1 Å². The van der Waals surface area contributed by atoms with Gasteiger partial charge in [0.15, 0.2) is 0 Å². The van der Waals surface area contributed by atoms with Crippen molar-refractivity contribution in [2.45, 2.75) is 32.7 Å². The SMILES string of the molecule is CCc1ccc(N(CCN2CCC(Cn3cc(-c4c(C(=O)OCCN)[nH]c5ccc(F)cc45)nn3)CC2)S(=O)[O-])cc1. The number of hydrogen-bond acceptors (Lipinski definition) is 8. The van der Waals surface area contributed by atoms with Gasteiger partial charge in [-0.2, -0.15) is 0 Å². The Labute approximate surface area is 246 Å². The molecule has 1 aliphatic heterocycles. The van der Waals surface area contributed by atoms with Gasteiger partial charge in [0.2, 0.25) is 0 Å². The molecule has 13 heteroatoms. The number of nitrogens with zero attached hydrogens (tertiary/aromatic N) is 5. The van der Waals surface area contributed by atoms with E-state index in [0.29, 0.717) is 53.4 Å². The zero-order valence-corrected chi connectivity index (χ0v) is 24.3. The van der Waals surface area contributed by atoms with Crippen LogP contribution in [-0.4, -0.2) is 78.9 Å². The summed E-state index contributed by atoms with van der Waals surface area (Å²) >= 11 is -2.35. The molecule has 3 heterocycles. The van der Waals surface area contributed by atoms with E-state index in [9.17, 15) is 17.9 Å². The Morgan fingerprint density at radius 2 is 2.00 bits per heavy atom. The predicted octanol–water partition coefficient (Wildman–Crippen LogP) is 3.26. The van der Waals surface area contributed by atoms with Crippen LogP contribution in [0.15, 0.2) is 48.7 Å². The number of aromatic nitrogens is 4. The van der Waals surface area contributed by atoms with Crippen molar-refractivity contribution >= 4 is 33.8 Å². The lowest BCUT2D eigenvalue weighted by molar-refractivity contribution is 0.0512. The number of benzene rings is 2. The van der Waals surface area contributed by atoms with Crippen LogP contribution in [0.5, 0.6) is 0 Å². The summed E-state index contributed by atoms with van der Waals surface area (Å²) in [6, 6.07) is 11.9. The second-order valence-electron chi connectivity index (χ2n) is 10.4. The van der Waals surface area contributed by atoms with Crippen molar-refractivity contribution in [2.75, 3.05) is 43.6 Å². The van der Waals surface area contributed by atoms with Crippen molar-refractivity contribution in [1.82, 2.24) is 24.9 Å². The number of carbonyl (C=O) groups is 1. The number of rotatable bonds is 12. The van der Waals surface area contributed by atoms with E-state index in [4.69, 9.17) is 10.5 Å². The number of carbonyl (C=O) groups excluding carboxylic acids is 1. The van der Waals surface area contributed by atoms with Crippen LogP contribution in [-0.2, 0) is 29.0 Å².